The number of anilines is 1. The number of alkyl halides is 3. The molecule has 0 aliphatic rings. The molecule has 0 spiro atoms. The lowest BCUT2D eigenvalue weighted by Crippen LogP contribution is -2.14. The van der Waals surface area contributed by atoms with Crippen LogP contribution in [0.2, 0.25) is 0 Å². The Morgan fingerprint density at radius 2 is 1.79 bits per heavy atom. The van der Waals surface area contributed by atoms with Gasteiger partial charge in [-0.15, -0.1) is 0 Å². The number of nitrogens with zero attached hydrogens (tertiary/aromatic N) is 4. The van der Waals surface area contributed by atoms with Crippen LogP contribution in [0.5, 0.6) is 5.88 Å². The molecule has 1 amide bonds. The number of nitrogens with one attached hydrogen (secondary N) is 1. The quantitative estimate of drug-likeness (QED) is 0.547. The van der Waals surface area contributed by atoms with Crippen LogP contribution in [0.15, 0.2) is 61.2 Å². The Kier molecular flexibility index (Phi) is 4.38. The number of rotatable bonds is 3. The molecule has 29 heavy (non-hydrogen) atoms. The van der Waals surface area contributed by atoms with E-state index in [1.165, 1.54) is 18.5 Å². The van der Waals surface area contributed by atoms with Crippen molar-refractivity contribution in [1.29, 1.82) is 0 Å². The highest BCUT2D eigenvalue weighted by Crippen LogP contribution is 2.30. The molecule has 2 N–H and O–H groups in total. The van der Waals surface area contributed by atoms with Gasteiger partial charge in [-0.2, -0.15) is 13.2 Å². The third kappa shape index (κ3) is 3.59. The molecule has 0 saturated carbocycles. The number of pyridine rings is 1. The van der Waals surface area contributed by atoms with Gasteiger partial charge in [0.25, 0.3) is 5.91 Å². The second-order valence-electron chi connectivity index (χ2n) is 6.05. The zero-order valence-electron chi connectivity index (χ0n) is 14.6. The van der Waals surface area contributed by atoms with Gasteiger partial charge in [0.15, 0.2) is 0 Å². The van der Waals surface area contributed by atoms with Gasteiger partial charge in [0.05, 0.1) is 11.1 Å². The lowest BCUT2D eigenvalue weighted by molar-refractivity contribution is -0.137. The molecule has 7 nitrogen and oxygen atoms in total. The van der Waals surface area contributed by atoms with E-state index in [4.69, 9.17) is 0 Å². The molecular formula is C19H12F3N5O2. The van der Waals surface area contributed by atoms with E-state index in [0.717, 1.165) is 18.3 Å². The fourth-order valence-electron chi connectivity index (χ4n) is 2.81. The summed E-state index contributed by atoms with van der Waals surface area (Å²) in [5.74, 6) is -0.989. The summed E-state index contributed by atoms with van der Waals surface area (Å²) in [7, 11) is 0. The Morgan fingerprint density at radius 1 is 1.03 bits per heavy atom. The van der Waals surface area contributed by atoms with Crippen molar-refractivity contribution in [3.8, 4) is 11.6 Å². The molecule has 146 valence electrons. The number of carbonyl (C=O) groups is 1. The molecule has 0 radical (unpaired) electrons. The highest BCUT2D eigenvalue weighted by molar-refractivity contribution is 6.03. The Morgan fingerprint density at radius 3 is 2.52 bits per heavy atom. The molecular weight excluding hydrogens is 387 g/mol. The highest BCUT2D eigenvalue weighted by Gasteiger charge is 2.30. The van der Waals surface area contributed by atoms with Crippen LogP contribution < -0.4 is 5.32 Å². The van der Waals surface area contributed by atoms with Gasteiger partial charge >= 0.3 is 6.18 Å². The molecule has 4 aromatic rings. The van der Waals surface area contributed by atoms with Crippen molar-refractivity contribution < 1.29 is 23.1 Å². The SMILES string of the molecule is O=C(Nc1cc(C(F)(F)F)ccn1)c1ccc(-n2ccc3ncnc(O)c32)cc1. The largest absolute Gasteiger partial charge is 0.492 e. The smallest absolute Gasteiger partial charge is 0.416 e. The second-order valence-corrected chi connectivity index (χ2v) is 6.05. The fraction of sp³-hybridized carbons (Fsp3) is 0.0526. The number of halogens is 3. The number of hydrogen-bond acceptors (Lipinski definition) is 5. The fourth-order valence-corrected chi connectivity index (χ4v) is 2.81. The van der Waals surface area contributed by atoms with E-state index in [1.807, 2.05) is 0 Å². The number of hydrogen-bond donors (Lipinski definition) is 2. The first kappa shape index (κ1) is 18.4. The normalized spacial score (nSPS) is 11.6. The summed E-state index contributed by atoms with van der Waals surface area (Å²) < 4.78 is 40.0. The standard InChI is InChI=1S/C19H12F3N5O2/c20-19(21,22)12-5-7-23-15(9-12)26-17(28)11-1-3-13(4-2-11)27-8-6-14-16(27)18(29)25-10-24-14/h1-10H,(H,23,26,28)(H,24,25,29). The van der Waals surface area contributed by atoms with Crippen molar-refractivity contribution in [3.63, 3.8) is 0 Å². The first-order chi connectivity index (χ1) is 13.8. The predicted molar refractivity (Wildman–Crippen MR) is 97.7 cm³/mol. The van der Waals surface area contributed by atoms with E-state index < -0.39 is 17.6 Å². The van der Waals surface area contributed by atoms with Crippen molar-refractivity contribution in [2.24, 2.45) is 0 Å². The van der Waals surface area contributed by atoms with E-state index in [2.05, 4.69) is 20.3 Å². The molecule has 0 fully saturated rings. The van der Waals surface area contributed by atoms with Crippen LogP contribution in [0.4, 0.5) is 19.0 Å². The minimum atomic E-state index is -4.53. The Labute approximate surface area is 161 Å². The van der Waals surface area contributed by atoms with Crippen LogP contribution in [0.3, 0.4) is 0 Å². The van der Waals surface area contributed by atoms with Crippen LogP contribution in [-0.2, 0) is 6.18 Å². The second kappa shape index (κ2) is 6.89. The average molecular weight is 399 g/mol. The van der Waals surface area contributed by atoms with E-state index in [1.54, 1.807) is 29.0 Å². The Balaban J connectivity index is 1.57. The third-order valence-electron chi connectivity index (χ3n) is 4.19. The van der Waals surface area contributed by atoms with E-state index in [9.17, 15) is 23.1 Å². The monoisotopic (exact) mass is 399 g/mol. The zero-order valence-corrected chi connectivity index (χ0v) is 14.6. The molecule has 3 heterocycles. The number of aromatic nitrogens is 4. The minimum Gasteiger partial charge on any atom is -0.492 e. The number of benzene rings is 1. The summed E-state index contributed by atoms with van der Waals surface area (Å²) in [5, 5.41) is 12.3. The molecule has 0 unspecified atom stereocenters. The van der Waals surface area contributed by atoms with Crippen molar-refractivity contribution >= 4 is 22.8 Å². The topological polar surface area (TPSA) is 92.9 Å². The summed E-state index contributed by atoms with van der Waals surface area (Å²) in [6, 6.07) is 9.55. The average Bonchev–Trinajstić information content (AvgIpc) is 3.13. The Hall–Kier alpha value is -3.95. The summed E-state index contributed by atoms with van der Waals surface area (Å²) in [6.45, 7) is 0. The lowest BCUT2D eigenvalue weighted by atomic mass is 10.2. The number of fused-ring (bicyclic) bond motifs is 1. The highest BCUT2D eigenvalue weighted by atomic mass is 19.4. The van der Waals surface area contributed by atoms with Gasteiger partial charge in [0, 0.05) is 23.6 Å². The van der Waals surface area contributed by atoms with Gasteiger partial charge < -0.3 is 15.0 Å². The van der Waals surface area contributed by atoms with Crippen LogP contribution in [0.1, 0.15) is 15.9 Å². The van der Waals surface area contributed by atoms with Crippen LogP contribution >= 0.6 is 0 Å². The van der Waals surface area contributed by atoms with E-state index >= 15 is 0 Å². The number of amides is 1. The predicted octanol–water partition coefficient (Wildman–Crippen LogP) is 3.79. The summed E-state index contributed by atoms with van der Waals surface area (Å²) in [4.78, 5) is 23.9. The van der Waals surface area contributed by atoms with Crippen molar-refractivity contribution in [1.82, 2.24) is 19.5 Å². The first-order valence-electron chi connectivity index (χ1n) is 8.29. The van der Waals surface area contributed by atoms with Crippen molar-refractivity contribution in [2.75, 3.05) is 5.32 Å². The molecule has 0 bridgehead atoms. The maximum absolute atomic E-state index is 12.8. The molecule has 0 aliphatic carbocycles. The minimum absolute atomic E-state index is 0.183. The van der Waals surface area contributed by atoms with Crippen LogP contribution in [0.25, 0.3) is 16.7 Å². The first-order valence-corrected chi connectivity index (χ1v) is 8.29. The van der Waals surface area contributed by atoms with Crippen LogP contribution in [-0.4, -0.2) is 30.5 Å². The van der Waals surface area contributed by atoms with E-state index in [0.29, 0.717) is 16.7 Å². The van der Waals surface area contributed by atoms with Crippen molar-refractivity contribution in [2.45, 2.75) is 6.18 Å². The maximum Gasteiger partial charge on any atom is 0.416 e. The third-order valence-corrected chi connectivity index (χ3v) is 4.19. The van der Waals surface area contributed by atoms with Gasteiger partial charge in [0.1, 0.15) is 17.7 Å². The Bertz CT molecular complexity index is 1200. The van der Waals surface area contributed by atoms with Crippen LogP contribution in [0, 0.1) is 0 Å². The van der Waals surface area contributed by atoms with Gasteiger partial charge in [-0.05, 0) is 42.5 Å². The molecule has 3 aromatic heterocycles. The summed E-state index contributed by atoms with van der Waals surface area (Å²) in [6.07, 6.45) is -0.607. The number of aromatic hydroxyl groups is 1. The summed E-state index contributed by atoms with van der Waals surface area (Å²) >= 11 is 0. The van der Waals surface area contributed by atoms with Crippen molar-refractivity contribution in [3.05, 3.63) is 72.3 Å². The van der Waals surface area contributed by atoms with Gasteiger partial charge in [-0.1, -0.05) is 0 Å². The molecule has 10 heteroatoms. The van der Waals surface area contributed by atoms with Gasteiger partial charge in [-0.25, -0.2) is 15.0 Å². The molecule has 4 rings (SSSR count). The summed E-state index contributed by atoms with van der Waals surface area (Å²) in [5.41, 5.74) is 0.927. The van der Waals surface area contributed by atoms with E-state index in [-0.39, 0.29) is 17.3 Å². The molecule has 0 saturated heterocycles. The molecule has 0 aliphatic heterocycles. The lowest BCUT2D eigenvalue weighted by Gasteiger charge is -2.10. The zero-order chi connectivity index (χ0) is 20.6. The number of carbonyl (C=O) groups excluding carboxylic acids is 1. The maximum atomic E-state index is 12.8. The molecule has 1 aromatic carbocycles. The van der Waals surface area contributed by atoms with Gasteiger partial charge in [-0.3, -0.25) is 4.79 Å². The van der Waals surface area contributed by atoms with Gasteiger partial charge in [0.2, 0.25) is 5.88 Å². The molecule has 0 atom stereocenters.